The van der Waals surface area contributed by atoms with E-state index in [-0.39, 0.29) is 6.04 Å². The highest BCUT2D eigenvalue weighted by molar-refractivity contribution is 7.98. The molecule has 0 bridgehead atoms. The number of ether oxygens (including phenoxy) is 3. The third-order valence-corrected chi connectivity index (χ3v) is 7.20. The highest BCUT2D eigenvalue weighted by atomic mass is 32.2. The van der Waals surface area contributed by atoms with Gasteiger partial charge in [0.2, 0.25) is 11.1 Å². The average Bonchev–Trinajstić information content (AvgIpc) is 3.34. The van der Waals surface area contributed by atoms with Gasteiger partial charge < -0.3 is 19.5 Å². The van der Waals surface area contributed by atoms with Gasteiger partial charge in [0.05, 0.1) is 19.9 Å². The minimum atomic E-state index is -0.426. The minimum Gasteiger partial charge on any atom is -0.497 e. The molecule has 2 atom stereocenters. The minimum absolute atomic E-state index is 0.226. The molecule has 3 aromatic carbocycles. The fraction of sp³-hybridized carbons (Fsp3) is 0.214. The van der Waals surface area contributed by atoms with E-state index in [9.17, 15) is 0 Å². The number of aryl methyl sites for hydroxylation is 1. The van der Waals surface area contributed by atoms with E-state index < -0.39 is 6.10 Å². The fourth-order valence-electron chi connectivity index (χ4n) is 4.91. The first-order valence-corrected chi connectivity index (χ1v) is 12.9. The van der Waals surface area contributed by atoms with Crippen molar-refractivity contribution >= 4 is 23.4 Å². The van der Waals surface area contributed by atoms with Gasteiger partial charge in [-0.05, 0) is 43.0 Å². The molecule has 0 unspecified atom stereocenters. The Kier molecular flexibility index (Phi) is 5.60. The number of thioether (sulfide) groups is 1. The monoisotopic (exact) mass is 498 g/mol. The zero-order chi connectivity index (χ0) is 24.8. The summed E-state index contributed by atoms with van der Waals surface area (Å²) in [6.07, 6.45) is 1.56. The standard InChI is InChI=1S/C28H26N4O3S/c1-16-9-11-17(12-10-16)25-23-24(29-27-30-28(36-4)31-32(25)27)19-7-5-6-8-21(19)35-26(23)20-14-13-18(33-2)15-22(20)34-3/h5-15,25-26H,1-4H3,(H,29,30,31)/t25-,26-/m1/s1. The Labute approximate surface area is 214 Å². The largest absolute Gasteiger partial charge is 0.497 e. The van der Waals surface area contributed by atoms with E-state index in [1.807, 2.05) is 47.3 Å². The lowest BCUT2D eigenvalue weighted by molar-refractivity contribution is 0.217. The second-order valence-electron chi connectivity index (χ2n) is 8.74. The summed E-state index contributed by atoms with van der Waals surface area (Å²) in [5.41, 5.74) is 6.24. The van der Waals surface area contributed by atoms with E-state index in [0.29, 0.717) is 16.9 Å². The van der Waals surface area contributed by atoms with Gasteiger partial charge in [0.25, 0.3) is 0 Å². The van der Waals surface area contributed by atoms with Crippen LogP contribution in [0.3, 0.4) is 0 Å². The molecule has 0 amide bonds. The predicted octanol–water partition coefficient (Wildman–Crippen LogP) is 5.89. The lowest BCUT2D eigenvalue weighted by Gasteiger charge is -2.39. The molecule has 0 saturated carbocycles. The Morgan fingerprint density at radius 3 is 2.56 bits per heavy atom. The van der Waals surface area contributed by atoms with Crippen molar-refractivity contribution in [1.82, 2.24) is 14.8 Å². The molecule has 0 fully saturated rings. The number of methoxy groups -OCH3 is 2. The number of fused-ring (bicyclic) bond motifs is 3. The number of anilines is 1. The first-order chi connectivity index (χ1) is 17.6. The van der Waals surface area contributed by atoms with E-state index in [4.69, 9.17) is 24.3 Å². The number of nitrogens with one attached hydrogen (secondary N) is 1. The summed E-state index contributed by atoms with van der Waals surface area (Å²) >= 11 is 1.52. The fourth-order valence-corrected chi connectivity index (χ4v) is 5.25. The lowest BCUT2D eigenvalue weighted by Crippen LogP contribution is -2.32. The quantitative estimate of drug-likeness (QED) is 0.344. The molecule has 4 aromatic rings. The molecule has 182 valence electrons. The molecule has 6 rings (SSSR count). The van der Waals surface area contributed by atoms with Crippen LogP contribution in [0.1, 0.15) is 34.4 Å². The number of hydrogen-bond donors (Lipinski definition) is 1. The van der Waals surface area contributed by atoms with Crippen LogP contribution in [0.5, 0.6) is 17.2 Å². The predicted molar refractivity (Wildman–Crippen MR) is 141 cm³/mol. The maximum atomic E-state index is 6.74. The zero-order valence-corrected chi connectivity index (χ0v) is 21.3. The van der Waals surface area contributed by atoms with Crippen molar-refractivity contribution in [3.05, 3.63) is 94.6 Å². The van der Waals surface area contributed by atoms with Crippen LogP contribution in [-0.2, 0) is 0 Å². The molecular formula is C28H26N4O3S. The molecule has 2 aliphatic rings. The van der Waals surface area contributed by atoms with Gasteiger partial charge >= 0.3 is 0 Å². The molecular weight excluding hydrogens is 472 g/mol. The molecule has 0 aliphatic carbocycles. The number of benzene rings is 3. The Bertz CT molecular complexity index is 1480. The zero-order valence-electron chi connectivity index (χ0n) is 20.5. The molecule has 36 heavy (non-hydrogen) atoms. The van der Waals surface area contributed by atoms with Gasteiger partial charge in [0.1, 0.15) is 23.3 Å². The van der Waals surface area contributed by atoms with E-state index in [1.165, 1.54) is 17.3 Å². The van der Waals surface area contributed by atoms with Crippen molar-refractivity contribution in [1.29, 1.82) is 0 Å². The number of para-hydroxylation sites is 1. The van der Waals surface area contributed by atoms with Gasteiger partial charge in [-0.15, -0.1) is 5.10 Å². The molecule has 1 aromatic heterocycles. The molecule has 0 radical (unpaired) electrons. The third-order valence-electron chi connectivity index (χ3n) is 6.66. The average molecular weight is 499 g/mol. The molecule has 0 saturated heterocycles. The van der Waals surface area contributed by atoms with Crippen LogP contribution >= 0.6 is 11.8 Å². The van der Waals surface area contributed by atoms with Crippen LogP contribution in [0.15, 0.2) is 77.5 Å². The first kappa shape index (κ1) is 22.5. The molecule has 3 heterocycles. The van der Waals surface area contributed by atoms with Gasteiger partial charge in [-0.25, -0.2) is 4.68 Å². The number of hydrogen-bond acceptors (Lipinski definition) is 7. The van der Waals surface area contributed by atoms with Crippen molar-refractivity contribution < 1.29 is 14.2 Å². The highest BCUT2D eigenvalue weighted by Crippen LogP contribution is 2.52. The normalized spacial score (nSPS) is 17.9. The lowest BCUT2D eigenvalue weighted by atomic mass is 9.84. The summed E-state index contributed by atoms with van der Waals surface area (Å²) in [7, 11) is 3.32. The molecule has 1 N–H and O–H groups in total. The van der Waals surface area contributed by atoms with E-state index in [1.54, 1.807) is 14.2 Å². The maximum absolute atomic E-state index is 6.74. The summed E-state index contributed by atoms with van der Waals surface area (Å²) in [4.78, 5) is 4.77. The van der Waals surface area contributed by atoms with Crippen molar-refractivity contribution in [2.24, 2.45) is 0 Å². The maximum Gasteiger partial charge on any atom is 0.227 e. The van der Waals surface area contributed by atoms with Gasteiger partial charge in [-0.3, -0.25) is 0 Å². The Morgan fingerprint density at radius 1 is 1.00 bits per heavy atom. The van der Waals surface area contributed by atoms with Crippen molar-refractivity contribution in [3.63, 3.8) is 0 Å². The van der Waals surface area contributed by atoms with Crippen LogP contribution in [0.25, 0.3) is 5.70 Å². The van der Waals surface area contributed by atoms with Crippen molar-refractivity contribution in [3.8, 4) is 17.2 Å². The van der Waals surface area contributed by atoms with E-state index in [2.05, 4.69) is 42.6 Å². The molecule has 0 spiro atoms. The van der Waals surface area contributed by atoms with E-state index >= 15 is 0 Å². The number of rotatable bonds is 5. The van der Waals surface area contributed by atoms with Crippen LogP contribution < -0.4 is 19.5 Å². The van der Waals surface area contributed by atoms with Gasteiger partial charge in [-0.1, -0.05) is 53.7 Å². The smallest absolute Gasteiger partial charge is 0.227 e. The third kappa shape index (κ3) is 3.60. The van der Waals surface area contributed by atoms with Crippen LogP contribution in [0, 0.1) is 6.92 Å². The number of nitrogens with zero attached hydrogens (tertiary/aromatic N) is 3. The van der Waals surface area contributed by atoms with Crippen LogP contribution in [-0.4, -0.2) is 35.2 Å². The van der Waals surface area contributed by atoms with Crippen molar-refractivity contribution in [2.45, 2.75) is 24.2 Å². The van der Waals surface area contributed by atoms with Gasteiger partial charge in [-0.2, -0.15) is 4.98 Å². The van der Waals surface area contributed by atoms with Gasteiger partial charge in [0, 0.05) is 22.8 Å². The summed E-state index contributed by atoms with van der Waals surface area (Å²) in [5.74, 6) is 2.93. The summed E-state index contributed by atoms with van der Waals surface area (Å²) in [6.45, 7) is 2.09. The Hall–Kier alpha value is -3.91. The second-order valence-corrected chi connectivity index (χ2v) is 9.51. The SMILES string of the molecule is COc1ccc([C@H]2Oc3ccccc3C3=C2[C@@H](c2ccc(C)cc2)n2nc(SC)nc2N3)c(OC)c1. The number of aromatic nitrogens is 3. The molecule has 8 heteroatoms. The Morgan fingerprint density at radius 2 is 1.81 bits per heavy atom. The summed E-state index contributed by atoms with van der Waals surface area (Å²) in [6, 6.07) is 22.3. The summed E-state index contributed by atoms with van der Waals surface area (Å²) in [5, 5.41) is 9.16. The van der Waals surface area contributed by atoms with Crippen LogP contribution in [0.4, 0.5) is 5.95 Å². The Balaban J connectivity index is 1.63. The molecule has 2 aliphatic heterocycles. The van der Waals surface area contributed by atoms with Gasteiger partial charge in [0.15, 0.2) is 6.10 Å². The second kappa shape index (κ2) is 8.95. The van der Waals surface area contributed by atoms with E-state index in [0.717, 1.165) is 39.5 Å². The van der Waals surface area contributed by atoms with Crippen molar-refractivity contribution in [2.75, 3.05) is 25.8 Å². The first-order valence-electron chi connectivity index (χ1n) is 11.7. The highest BCUT2D eigenvalue weighted by Gasteiger charge is 2.42. The topological polar surface area (TPSA) is 70.4 Å². The molecule has 7 nitrogen and oxygen atoms in total. The van der Waals surface area contributed by atoms with Crippen LogP contribution in [0.2, 0.25) is 0 Å². The summed E-state index contributed by atoms with van der Waals surface area (Å²) < 4.78 is 20.0.